The zero-order valence-corrected chi connectivity index (χ0v) is 11.5. The van der Waals surface area contributed by atoms with Gasteiger partial charge in [0.15, 0.2) is 5.69 Å². The molecule has 0 aromatic heterocycles. The fourth-order valence-corrected chi connectivity index (χ4v) is 2.02. The van der Waals surface area contributed by atoms with Crippen LogP contribution in [0.2, 0.25) is 0 Å². The second-order valence-electron chi connectivity index (χ2n) is 4.44. The molecule has 0 radical (unpaired) electrons. The summed E-state index contributed by atoms with van der Waals surface area (Å²) in [5.74, 6) is -0.193. The summed E-state index contributed by atoms with van der Waals surface area (Å²) in [5, 5.41) is 0. The standard InChI is InChI=1S/C10H10N2.C5H10O2/c1-12-10-4-2-3-7-8(10)5-6-9(7)11;1-3-4-7-5(2)6/h2-4,9H,5-6,11H2;3-4H2,1-2H3/t9-;/m0./s1. The molecule has 19 heavy (non-hydrogen) atoms. The van der Waals surface area contributed by atoms with E-state index < -0.39 is 0 Å². The van der Waals surface area contributed by atoms with Crippen molar-refractivity contribution in [3.05, 3.63) is 40.7 Å². The van der Waals surface area contributed by atoms with Crippen molar-refractivity contribution in [1.29, 1.82) is 0 Å². The number of ether oxygens (including phenoxy) is 1. The van der Waals surface area contributed by atoms with E-state index in [1.807, 2.05) is 25.1 Å². The summed E-state index contributed by atoms with van der Waals surface area (Å²) in [6.07, 6.45) is 2.86. The maximum atomic E-state index is 9.98. The average Bonchev–Trinajstić information content (AvgIpc) is 2.79. The lowest BCUT2D eigenvalue weighted by molar-refractivity contribution is -0.140. The number of benzene rings is 1. The summed E-state index contributed by atoms with van der Waals surface area (Å²) in [7, 11) is 0. The van der Waals surface area contributed by atoms with Gasteiger partial charge in [0, 0.05) is 13.0 Å². The highest BCUT2D eigenvalue weighted by molar-refractivity contribution is 5.65. The van der Waals surface area contributed by atoms with Crippen molar-refractivity contribution in [2.24, 2.45) is 5.73 Å². The molecule has 0 fully saturated rings. The molecule has 0 saturated heterocycles. The highest BCUT2D eigenvalue weighted by Gasteiger charge is 2.20. The van der Waals surface area contributed by atoms with Crippen molar-refractivity contribution in [2.45, 2.75) is 39.2 Å². The number of carbonyl (C=O) groups excluding carboxylic acids is 1. The third-order valence-corrected chi connectivity index (χ3v) is 2.92. The molecule has 1 atom stereocenters. The molecule has 1 aromatic carbocycles. The predicted octanol–water partition coefficient (Wildman–Crippen LogP) is 3.14. The van der Waals surface area contributed by atoms with Gasteiger partial charge in [-0.3, -0.25) is 4.79 Å². The lowest BCUT2D eigenvalue weighted by Crippen LogP contribution is -2.04. The molecule has 0 unspecified atom stereocenters. The Morgan fingerprint density at radius 3 is 2.84 bits per heavy atom. The van der Waals surface area contributed by atoms with Crippen molar-refractivity contribution in [3.63, 3.8) is 0 Å². The number of nitrogens with zero attached hydrogens (tertiary/aromatic N) is 1. The zero-order valence-electron chi connectivity index (χ0n) is 11.5. The molecule has 0 heterocycles. The summed E-state index contributed by atoms with van der Waals surface area (Å²) < 4.78 is 4.55. The van der Waals surface area contributed by atoms with Gasteiger partial charge in [0.2, 0.25) is 0 Å². The number of hydrogen-bond donors (Lipinski definition) is 1. The maximum Gasteiger partial charge on any atom is 0.302 e. The van der Waals surface area contributed by atoms with Crippen LogP contribution >= 0.6 is 0 Å². The molecule has 0 spiro atoms. The summed E-state index contributed by atoms with van der Waals surface area (Å²) >= 11 is 0. The minimum Gasteiger partial charge on any atom is -0.466 e. The van der Waals surface area contributed by atoms with Gasteiger partial charge in [-0.1, -0.05) is 25.1 Å². The fraction of sp³-hybridized carbons (Fsp3) is 0.467. The van der Waals surface area contributed by atoms with Crippen LogP contribution in [-0.2, 0) is 16.0 Å². The Labute approximate surface area is 114 Å². The topological polar surface area (TPSA) is 56.7 Å². The van der Waals surface area contributed by atoms with Crippen LogP contribution in [0.1, 0.15) is 43.9 Å². The van der Waals surface area contributed by atoms with E-state index in [0.717, 1.165) is 24.9 Å². The third kappa shape index (κ3) is 4.38. The van der Waals surface area contributed by atoms with Crippen molar-refractivity contribution >= 4 is 11.7 Å². The van der Waals surface area contributed by atoms with E-state index >= 15 is 0 Å². The zero-order chi connectivity index (χ0) is 14.3. The van der Waals surface area contributed by atoms with Crippen LogP contribution in [0.3, 0.4) is 0 Å². The molecule has 2 N–H and O–H groups in total. The molecular weight excluding hydrogens is 240 g/mol. The first kappa shape index (κ1) is 15.2. The highest BCUT2D eigenvalue weighted by Crippen LogP contribution is 2.35. The largest absolute Gasteiger partial charge is 0.466 e. The van der Waals surface area contributed by atoms with Crippen LogP contribution in [-0.4, -0.2) is 12.6 Å². The predicted molar refractivity (Wildman–Crippen MR) is 74.9 cm³/mol. The van der Waals surface area contributed by atoms with Gasteiger partial charge >= 0.3 is 5.97 Å². The first-order valence-corrected chi connectivity index (χ1v) is 6.48. The van der Waals surface area contributed by atoms with E-state index in [1.54, 1.807) is 0 Å². The molecule has 1 aromatic rings. The van der Waals surface area contributed by atoms with Crippen LogP contribution in [0.5, 0.6) is 0 Å². The number of esters is 1. The van der Waals surface area contributed by atoms with Gasteiger partial charge in [0.1, 0.15) is 0 Å². The Kier molecular flexibility index (Phi) is 6.04. The molecule has 0 aliphatic heterocycles. The Morgan fingerprint density at radius 2 is 2.32 bits per heavy atom. The molecule has 4 nitrogen and oxygen atoms in total. The molecule has 0 bridgehead atoms. The summed E-state index contributed by atoms with van der Waals surface area (Å²) in [6.45, 7) is 10.9. The second-order valence-corrected chi connectivity index (χ2v) is 4.44. The van der Waals surface area contributed by atoms with Gasteiger partial charge in [-0.25, -0.2) is 4.85 Å². The minimum atomic E-state index is -0.193. The van der Waals surface area contributed by atoms with E-state index in [9.17, 15) is 4.79 Å². The van der Waals surface area contributed by atoms with Crippen LogP contribution in [0.15, 0.2) is 18.2 Å². The van der Waals surface area contributed by atoms with Crippen LogP contribution in [0, 0.1) is 6.57 Å². The van der Waals surface area contributed by atoms with Gasteiger partial charge in [-0.2, -0.15) is 0 Å². The molecule has 4 heteroatoms. The normalized spacial score (nSPS) is 15.8. The quantitative estimate of drug-likeness (QED) is 0.656. The number of rotatable bonds is 2. The van der Waals surface area contributed by atoms with E-state index in [-0.39, 0.29) is 12.0 Å². The number of carbonyl (C=O) groups is 1. The number of fused-ring (bicyclic) bond motifs is 1. The molecular formula is C15H20N2O2. The van der Waals surface area contributed by atoms with Crippen LogP contribution < -0.4 is 5.73 Å². The molecule has 102 valence electrons. The smallest absolute Gasteiger partial charge is 0.302 e. The van der Waals surface area contributed by atoms with Crippen LogP contribution in [0.4, 0.5) is 5.69 Å². The van der Waals surface area contributed by atoms with E-state index in [1.165, 1.54) is 18.1 Å². The molecule has 1 aliphatic carbocycles. The Balaban J connectivity index is 0.000000224. The summed E-state index contributed by atoms with van der Waals surface area (Å²) in [4.78, 5) is 13.5. The van der Waals surface area contributed by atoms with Gasteiger partial charge in [0.05, 0.1) is 13.2 Å². The van der Waals surface area contributed by atoms with Gasteiger partial charge in [-0.05, 0) is 30.4 Å². The van der Waals surface area contributed by atoms with Gasteiger partial charge < -0.3 is 10.5 Å². The molecule has 0 amide bonds. The third-order valence-electron chi connectivity index (χ3n) is 2.92. The SMILES string of the molecule is CCCOC(C)=O.[C-]#[N+]c1cccc2c1CC[C@@H]2N. The van der Waals surface area contributed by atoms with E-state index in [0.29, 0.717) is 6.61 Å². The molecule has 1 aliphatic rings. The fourth-order valence-electron chi connectivity index (χ4n) is 2.02. The van der Waals surface area contributed by atoms with Crippen molar-refractivity contribution in [1.82, 2.24) is 0 Å². The number of nitrogens with two attached hydrogens (primary N) is 1. The van der Waals surface area contributed by atoms with Gasteiger partial charge in [0.25, 0.3) is 0 Å². The van der Waals surface area contributed by atoms with Crippen molar-refractivity contribution in [3.8, 4) is 0 Å². The van der Waals surface area contributed by atoms with E-state index in [4.69, 9.17) is 12.3 Å². The minimum absolute atomic E-state index is 0.154. The highest BCUT2D eigenvalue weighted by atomic mass is 16.5. The molecule has 0 saturated carbocycles. The van der Waals surface area contributed by atoms with Crippen molar-refractivity contribution < 1.29 is 9.53 Å². The maximum absolute atomic E-state index is 9.98. The Hall–Kier alpha value is -1.86. The van der Waals surface area contributed by atoms with E-state index in [2.05, 4.69) is 9.58 Å². The number of hydrogen-bond acceptors (Lipinski definition) is 3. The second kappa shape index (κ2) is 7.55. The van der Waals surface area contributed by atoms with Gasteiger partial charge in [-0.15, -0.1) is 0 Å². The summed E-state index contributed by atoms with van der Waals surface area (Å²) in [6, 6.07) is 5.96. The Morgan fingerprint density at radius 1 is 1.58 bits per heavy atom. The monoisotopic (exact) mass is 260 g/mol. The first-order chi connectivity index (χ1) is 9.10. The lowest BCUT2D eigenvalue weighted by Gasteiger charge is -2.04. The summed E-state index contributed by atoms with van der Waals surface area (Å²) in [5.41, 5.74) is 8.98. The van der Waals surface area contributed by atoms with Crippen molar-refractivity contribution in [2.75, 3.05) is 6.61 Å². The Bertz CT molecular complexity index is 478. The molecule has 2 rings (SSSR count). The lowest BCUT2D eigenvalue weighted by atomic mass is 10.1. The first-order valence-electron chi connectivity index (χ1n) is 6.48. The van der Waals surface area contributed by atoms with Crippen LogP contribution in [0.25, 0.3) is 4.85 Å². The average molecular weight is 260 g/mol.